The van der Waals surface area contributed by atoms with Crippen molar-refractivity contribution in [2.75, 3.05) is 0 Å². The van der Waals surface area contributed by atoms with E-state index in [0.717, 1.165) is 11.8 Å². The Labute approximate surface area is 58.0 Å². The van der Waals surface area contributed by atoms with Crippen molar-refractivity contribution in [1.82, 2.24) is 0 Å². The van der Waals surface area contributed by atoms with Gasteiger partial charge < -0.3 is 0 Å². The summed E-state index contributed by atoms with van der Waals surface area (Å²) in [5.74, 6) is 1.76. The molecule has 1 rings (SSSR count). The van der Waals surface area contributed by atoms with Crippen LogP contribution in [0.5, 0.6) is 0 Å². The summed E-state index contributed by atoms with van der Waals surface area (Å²) in [4.78, 5) is 0. The maximum Gasteiger partial charge on any atom is -0.0228 e. The van der Waals surface area contributed by atoms with Gasteiger partial charge in [-0.25, -0.2) is 0 Å². The molecule has 0 amide bonds. The molecule has 2 unspecified atom stereocenters. The Morgan fingerprint density at radius 2 is 2.22 bits per heavy atom. The third-order valence-corrected chi connectivity index (χ3v) is 2.05. The molecule has 1 aliphatic rings. The van der Waals surface area contributed by atoms with Gasteiger partial charge in [0.15, 0.2) is 0 Å². The molecule has 0 heterocycles. The van der Waals surface area contributed by atoms with Gasteiger partial charge in [-0.05, 0) is 24.7 Å². The number of hydrogen-bond acceptors (Lipinski definition) is 0. The van der Waals surface area contributed by atoms with E-state index < -0.39 is 0 Å². The van der Waals surface area contributed by atoms with Crippen LogP contribution in [0.1, 0.15) is 33.1 Å². The third kappa shape index (κ3) is 1.85. The first-order chi connectivity index (χ1) is 4.33. The van der Waals surface area contributed by atoms with Gasteiger partial charge in [-0.3, -0.25) is 0 Å². The van der Waals surface area contributed by atoms with Gasteiger partial charge in [-0.1, -0.05) is 32.4 Å². The second kappa shape index (κ2) is 3.05. The molecule has 0 aromatic heterocycles. The van der Waals surface area contributed by atoms with Gasteiger partial charge in [-0.2, -0.15) is 0 Å². The Morgan fingerprint density at radius 1 is 1.44 bits per heavy atom. The zero-order valence-corrected chi connectivity index (χ0v) is 6.43. The molecule has 0 fully saturated rings. The summed E-state index contributed by atoms with van der Waals surface area (Å²) < 4.78 is 0. The molecule has 0 saturated carbocycles. The van der Waals surface area contributed by atoms with E-state index in [2.05, 4.69) is 26.0 Å². The summed E-state index contributed by atoms with van der Waals surface area (Å²) in [6.45, 7) is 4.56. The van der Waals surface area contributed by atoms with Crippen LogP contribution in [0.2, 0.25) is 0 Å². The van der Waals surface area contributed by atoms with Crippen LogP contribution >= 0.6 is 0 Å². The molecule has 52 valence electrons. The minimum Gasteiger partial charge on any atom is -0.0854 e. The summed E-state index contributed by atoms with van der Waals surface area (Å²) in [6.07, 6.45) is 8.85. The molecule has 9 heavy (non-hydrogen) atoms. The Morgan fingerprint density at radius 3 is 2.67 bits per heavy atom. The first-order valence-corrected chi connectivity index (χ1v) is 4.01. The lowest BCUT2D eigenvalue weighted by Crippen LogP contribution is -1.93. The van der Waals surface area contributed by atoms with Gasteiger partial charge in [0.05, 0.1) is 0 Å². The molecule has 0 bridgehead atoms. The largest absolute Gasteiger partial charge is 0.0854 e. The third-order valence-electron chi connectivity index (χ3n) is 2.05. The van der Waals surface area contributed by atoms with Crippen molar-refractivity contribution in [3.8, 4) is 0 Å². The molecule has 0 aromatic rings. The average Bonchev–Trinajstić information content (AvgIpc) is 2.17. The van der Waals surface area contributed by atoms with E-state index in [9.17, 15) is 0 Å². The number of allylic oxidation sites excluding steroid dienone is 2. The fraction of sp³-hybridized carbons (Fsp3) is 0.778. The summed E-state index contributed by atoms with van der Waals surface area (Å²) in [7, 11) is 0. The molecule has 0 aliphatic heterocycles. The smallest absolute Gasteiger partial charge is 0.0228 e. The van der Waals surface area contributed by atoms with Crippen molar-refractivity contribution in [1.29, 1.82) is 0 Å². The molecule has 0 nitrogen and oxygen atoms in total. The van der Waals surface area contributed by atoms with Gasteiger partial charge >= 0.3 is 0 Å². The molecule has 2 atom stereocenters. The highest BCUT2D eigenvalue weighted by atomic mass is 14.2. The molecule has 0 saturated heterocycles. The Bertz CT molecular complexity index is 103. The van der Waals surface area contributed by atoms with E-state index in [-0.39, 0.29) is 0 Å². The van der Waals surface area contributed by atoms with Crippen LogP contribution in [-0.4, -0.2) is 0 Å². The molecule has 1 aliphatic carbocycles. The minimum absolute atomic E-state index is 0.849. The Balaban J connectivity index is 2.24. The summed E-state index contributed by atoms with van der Waals surface area (Å²) in [6, 6.07) is 0. The Kier molecular flexibility index (Phi) is 2.32. The lowest BCUT2D eigenvalue weighted by atomic mass is 10.0. The number of rotatable bonds is 2. The van der Waals surface area contributed by atoms with E-state index >= 15 is 0 Å². The second-order valence-corrected chi connectivity index (χ2v) is 3.15. The van der Waals surface area contributed by atoms with E-state index in [0.29, 0.717) is 0 Å². The monoisotopic (exact) mass is 124 g/mol. The number of hydrogen-bond donors (Lipinski definition) is 0. The standard InChI is InChI=1S/C9H16/c1-3-4-9-6-5-8(2)7-9/h5-6,8-9H,3-4,7H2,1-2H3. The van der Waals surface area contributed by atoms with Crippen molar-refractivity contribution < 1.29 is 0 Å². The maximum atomic E-state index is 2.38. The van der Waals surface area contributed by atoms with Crippen LogP contribution in [0.4, 0.5) is 0 Å². The van der Waals surface area contributed by atoms with Crippen LogP contribution in [0.15, 0.2) is 12.2 Å². The van der Waals surface area contributed by atoms with Crippen LogP contribution in [0, 0.1) is 11.8 Å². The van der Waals surface area contributed by atoms with Crippen molar-refractivity contribution in [3.05, 3.63) is 12.2 Å². The molecular weight excluding hydrogens is 108 g/mol. The first-order valence-electron chi connectivity index (χ1n) is 4.01. The zero-order chi connectivity index (χ0) is 6.69. The van der Waals surface area contributed by atoms with Crippen LogP contribution in [0.25, 0.3) is 0 Å². The highest BCUT2D eigenvalue weighted by molar-refractivity contribution is 4.99. The maximum absolute atomic E-state index is 2.38. The molecule has 0 heteroatoms. The van der Waals surface area contributed by atoms with E-state index in [1.165, 1.54) is 19.3 Å². The topological polar surface area (TPSA) is 0 Å². The summed E-state index contributed by atoms with van der Waals surface area (Å²) in [5, 5.41) is 0. The normalized spacial score (nSPS) is 33.6. The average molecular weight is 124 g/mol. The predicted octanol–water partition coefficient (Wildman–Crippen LogP) is 3.00. The van der Waals surface area contributed by atoms with Crippen molar-refractivity contribution in [3.63, 3.8) is 0 Å². The lowest BCUT2D eigenvalue weighted by molar-refractivity contribution is 0.512. The highest BCUT2D eigenvalue weighted by Crippen LogP contribution is 2.25. The van der Waals surface area contributed by atoms with Crippen molar-refractivity contribution in [2.24, 2.45) is 11.8 Å². The van der Waals surface area contributed by atoms with Gasteiger partial charge in [0, 0.05) is 0 Å². The van der Waals surface area contributed by atoms with Crippen LogP contribution in [0.3, 0.4) is 0 Å². The summed E-state index contributed by atoms with van der Waals surface area (Å²) in [5.41, 5.74) is 0. The van der Waals surface area contributed by atoms with E-state index in [1.54, 1.807) is 0 Å². The van der Waals surface area contributed by atoms with Crippen LogP contribution < -0.4 is 0 Å². The van der Waals surface area contributed by atoms with Gasteiger partial charge in [-0.15, -0.1) is 0 Å². The van der Waals surface area contributed by atoms with Crippen molar-refractivity contribution >= 4 is 0 Å². The quantitative estimate of drug-likeness (QED) is 0.496. The van der Waals surface area contributed by atoms with Gasteiger partial charge in [0.1, 0.15) is 0 Å². The fourth-order valence-corrected chi connectivity index (χ4v) is 1.57. The molecular formula is C9H16. The minimum atomic E-state index is 0.849. The Hall–Kier alpha value is -0.260. The highest BCUT2D eigenvalue weighted by Gasteiger charge is 2.12. The lowest BCUT2D eigenvalue weighted by Gasteiger charge is -2.05. The molecule has 0 N–H and O–H groups in total. The SMILES string of the molecule is CCCC1C=CC(C)C1. The van der Waals surface area contributed by atoms with E-state index in [4.69, 9.17) is 0 Å². The van der Waals surface area contributed by atoms with Gasteiger partial charge in [0.25, 0.3) is 0 Å². The van der Waals surface area contributed by atoms with Gasteiger partial charge in [0.2, 0.25) is 0 Å². The van der Waals surface area contributed by atoms with Crippen molar-refractivity contribution in [2.45, 2.75) is 33.1 Å². The fourth-order valence-electron chi connectivity index (χ4n) is 1.57. The van der Waals surface area contributed by atoms with Crippen LogP contribution in [-0.2, 0) is 0 Å². The predicted molar refractivity (Wildman–Crippen MR) is 41.3 cm³/mol. The summed E-state index contributed by atoms with van der Waals surface area (Å²) >= 11 is 0. The molecule has 0 spiro atoms. The zero-order valence-electron chi connectivity index (χ0n) is 6.43. The second-order valence-electron chi connectivity index (χ2n) is 3.15. The molecule has 0 aromatic carbocycles. The first kappa shape index (κ1) is 6.85. The van der Waals surface area contributed by atoms with E-state index in [1.807, 2.05) is 0 Å². The molecule has 0 radical (unpaired) electrons.